The second-order valence-corrected chi connectivity index (χ2v) is 4.36. The molecule has 0 aliphatic heterocycles. The molecule has 88 valence electrons. The zero-order valence-electron chi connectivity index (χ0n) is 9.32. The van der Waals surface area contributed by atoms with Crippen molar-refractivity contribution in [1.82, 2.24) is 4.90 Å². The molecule has 1 aliphatic carbocycles. The summed E-state index contributed by atoms with van der Waals surface area (Å²) in [5.41, 5.74) is 5.72. The molecule has 0 aromatic heterocycles. The van der Waals surface area contributed by atoms with Crippen molar-refractivity contribution >= 4 is 5.84 Å². The number of rotatable bonds is 7. The average Bonchev–Trinajstić information content (AvgIpc) is 2.97. The molecule has 0 heterocycles. The van der Waals surface area contributed by atoms with Crippen LogP contribution in [0.4, 0.5) is 0 Å². The summed E-state index contributed by atoms with van der Waals surface area (Å²) < 4.78 is 0. The molecule has 1 fully saturated rings. The predicted molar refractivity (Wildman–Crippen MR) is 58.9 cm³/mol. The third kappa shape index (κ3) is 3.68. The van der Waals surface area contributed by atoms with Crippen molar-refractivity contribution in [3.05, 3.63) is 0 Å². The van der Waals surface area contributed by atoms with E-state index in [4.69, 9.17) is 16.0 Å². The van der Waals surface area contributed by atoms with Crippen molar-refractivity contribution in [2.24, 2.45) is 16.3 Å². The van der Waals surface area contributed by atoms with Gasteiger partial charge in [-0.25, -0.2) is 0 Å². The molecule has 0 atom stereocenters. The van der Waals surface area contributed by atoms with Gasteiger partial charge in [0.1, 0.15) is 5.84 Å². The highest BCUT2D eigenvalue weighted by Crippen LogP contribution is 2.49. The summed E-state index contributed by atoms with van der Waals surface area (Å²) in [5, 5.41) is 20.4. The number of nitrogens with two attached hydrogens (primary N) is 1. The lowest BCUT2D eigenvalue weighted by Gasteiger charge is -2.25. The molecule has 1 rings (SSSR count). The van der Waals surface area contributed by atoms with Gasteiger partial charge in [-0.05, 0) is 24.8 Å². The molecule has 0 aromatic carbocycles. The maximum absolute atomic E-state index is 8.88. The molecular formula is C10H21N3O2. The molecule has 0 bridgehead atoms. The number of aliphatic hydroxyl groups is 1. The number of hydrogen-bond donors (Lipinski definition) is 3. The summed E-state index contributed by atoms with van der Waals surface area (Å²) in [6.45, 7) is 4.83. The molecule has 15 heavy (non-hydrogen) atoms. The van der Waals surface area contributed by atoms with Crippen LogP contribution in [0.15, 0.2) is 5.16 Å². The van der Waals surface area contributed by atoms with Crippen LogP contribution in [0.5, 0.6) is 0 Å². The first-order valence-corrected chi connectivity index (χ1v) is 5.45. The van der Waals surface area contributed by atoms with E-state index < -0.39 is 0 Å². The summed E-state index contributed by atoms with van der Waals surface area (Å²) in [7, 11) is 0. The fourth-order valence-corrected chi connectivity index (χ4v) is 1.95. The Hall–Kier alpha value is -0.810. The van der Waals surface area contributed by atoms with Crippen LogP contribution in [0.25, 0.3) is 0 Å². The van der Waals surface area contributed by atoms with Crippen LogP contribution in [-0.2, 0) is 0 Å². The highest BCUT2D eigenvalue weighted by Gasteiger charge is 2.44. The Morgan fingerprint density at radius 2 is 2.20 bits per heavy atom. The Morgan fingerprint density at radius 1 is 1.53 bits per heavy atom. The minimum absolute atomic E-state index is 0.188. The predicted octanol–water partition coefficient (Wildman–Crippen LogP) is 0.217. The van der Waals surface area contributed by atoms with E-state index in [1.165, 1.54) is 0 Å². The fraction of sp³-hybridized carbons (Fsp3) is 0.900. The van der Waals surface area contributed by atoms with Gasteiger partial charge >= 0.3 is 0 Å². The average molecular weight is 215 g/mol. The van der Waals surface area contributed by atoms with Crippen LogP contribution in [-0.4, -0.2) is 47.3 Å². The van der Waals surface area contributed by atoms with E-state index in [1.54, 1.807) is 0 Å². The molecule has 0 unspecified atom stereocenters. The molecule has 1 saturated carbocycles. The second kappa shape index (κ2) is 5.32. The summed E-state index contributed by atoms with van der Waals surface area (Å²) in [6, 6.07) is 0. The van der Waals surface area contributed by atoms with E-state index in [1.807, 2.05) is 0 Å². The molecule has 5 heteroatoms. The minimum atomic E-state index is 0.188. The summed E-state index contributed by atoms with van der Waals surface area (Å²) in [5.74, 6) is 0.313. The number of oxime groups is 1. The van der Waals surface area contributed by atoms with E-state index in [2.05, 4.69) is 17.0 Å². The molecule has 1 aliphatic rings. The van der Waals surface area contributed by atoms with Crippen LogP contribution in [0, 0.1) is 5.41 Å². The lowest BCUT2D eigenvalue weighted by atomic mass is 10.0. The van der Waals surface area contributed by atoms with Crippen molar-refractivity contribution in [1.29, 1.82) is 0 Å². The Labute approximate surface area is 90.6 Å². The quantitative estimate of drug-likeness (QED) is 0.245. The lowest BCUT2D eigenvalue weighted by Crippen LogP contribution is -2.34. The van der Waals surface area contributed by atoms with Crippen LogP contribution in [0.2, 0.25) is 0 Å². The van der Waals surface area contributed by atoms with E-state index in [0.29, 0.717) is 18.8 Å². The first-order valence-electron chi connectivity index (χ1n) is 5.45. The molecular weight excluding hydrogens is 194 g/mol. The van der Waals surface area contributed by atoms with Gasteiger partial charge in [-0.15, -0.1) is 0 Å². The number of nitrogens with zero attached hydrogens (tertiary/aromatic N) is 2. The van der Waals surface area contributed by atoms with Gasteiger partial charge in [0, 0.05) is 19.5 Å². The number of amidine groups is 1. The van der Waals surface area contributed by atoms with E-state index in [-0.39, 0.29) is 12.0 Å². The largest absolute Gasteiger partial charge is 0.409 e. The minimum Gasteiger partial charge on any atom is -0.409 e. The second-order valence-electron chi connectivity index (χ2n) is 4.36. The van der Waals surface area contributed by atoms with Crippen LogP contribution < -0.4 is 5.73 Å². The van der Waals surface area contributed by atoms with Gasteiger partial charge in [-0.3, -0.25) is 0 Å². The van der Waals surface area contributed by atoms with Gasteiger partial charge in [0.2, 0.25) is 0 Å². The standard InChI is InChI=1S/C10H21N3O2/c1-2-13(5-6-14)8-10(3-4-10)7-9(11)12-15/h14-15H,2-8H2,1H3,(H2,11,12). The Kier molecular flexibility index (Phi) is 4.35. The van der Waals surface area contributed by atoms with Crippen LogP contribution >= 0.6 is 0 Å². The topological polar surface area (TPSA) is 82.1 Å². The van der Waals surface area contributed by atoms with Crippen molar-refractivity contribution in [2.45, 2.75) is 26.2 Å². The van der Waals surface area contributed by atoms with E-state index in [9.17, 15) is 0 Å². The first kappa shape index (κ1) is 12.3. The zero-order chi connectivity index (χ0) is 11.3. The highest BCUT2D eigenvalue weighted by atomic mass is 16.4. The van der Waals surface area contributed by atoms with Crippen LogP contribution in [0.3, 0.4) is 0 Å². The molecule has 0 amide bonds. The van der Waals surface area contributed by atoms with Gasteiger partial charge in [0.05, 0.1) is 6.61 Å². The fourth-order valence-electron chi connectivity index (χ4n) is 1.95. The third-order valence-corrected chi connectivity index (χ3v) is 3.06. The van der Waals surface area contributed by atoms with Gasteiger partial charge in [0.25, 0.3) is 0 Å². The Bertz CT molecular complexity index is 227. The summed E-state index contributed by atoms with van der Waals surface area (Å²) in [4.78, 5) is 2.21. The van der Waals surface area contributed by atoms with Gasteiger partial charge in [0.15, 0.2) is 0 Å². The van der Waals surface area contributed by atoms with Crippen molar-refractivity contribution in [3.8, 4) is 0 Å². The lowest BCUT2D eigenvalue weighted by molar-refractivity contribution is 0.176. The molecule has 4 N–H and O–H groups in total. The zero-order valence-corrected chi connectivity index (χ0v) is 9.32. The summed E-state index contributed by atoms with van der Waals surface area (Å²) in [6.07, 6.45) is 2.92. The normalized spacial score (nSPS) is 19.5. The van der Waals surface area contributed by atoms with Crippen LogP contribution in [0.1, 0.15) is 26.2 Å². The molecule has 5 nitrogen and oxygen atoms in total. The monoisotopic (exact) mass is 215 g/mol. The SMILES string of the molecule is CCN(CCO)CC1(CC(N)=NO)CC1. The van der Waals surface area contributed by atoms with Gasteiger partial charge < -0.3 is 20.9 Å². The van der Waals surface area contributed by atoms with Crippen molar-refractivity contribution < 1.29 is 10.3 Å². The van der Waals surface area contributed by atoms with Gasteiger partial charge in [-0.1, -0.05) is 12.1 Å². The third-order valence-electron chi connectivity index (χ3n) is 3.06. The number of likely N-dealkylation sites (N-methyl/N-ethyl adjacent to an activating group) is 1. The Balaban J connectivity index is 2.41. The molecule has 0 spiro atoms. The smallest absolute Gasteiger partial charge is 0.139 e. The molecule has 0 saturated heterocycles. The van der Waals surface area contributed by atoms with E-state index >= 15 is 0 Å². The van der Waals surface area contributed by atoms with Crippen molar-refractivity contribution in [2.75, 3.05) is 26.2 Å². The molecule has 0 aromatic rings. The summed E-state index contributed by atoms with van der Waals surface area (Å²) >= 11 is 0. The number of aliphatic hydroxyl groups excluding tert-OH is 1. The van der Waals surface area contributed by atoms with Crippen molar-refractivity contribution in [3.63, 3.8) is 0 Å². The highest BCUT2D eigenvalue weighted by molar-refractivity contribution is 5.80. The molecule has 0 radical (unpaired) electrons. The maximum Gasteiger partial charge on any atom is 0.139 e. The maximum atomic E-state index is 8.88. The Morgan fingerprint density at radius 3 is 2.60 bits per heavy atom. The van der Waals surface area contributed by atoms with Gasteiger partial charge in [-0.2, -0.15) is 0 Å². The first-order chi connectivity index (χ1) is 7.15. The van der Waals surface area contributed by atoms with E-state index in [0.717, 1.165) is 25.9 Å². The number of hydrogen-bond acceptors (Lipinski definition) is 4.